The van der Waals surface area contributed by atoms with E-state index >= 15 is 0 Å². The molecule has 8 nitrogen and oxygen atoms in total. The molecule has 8 heteroatoms. The molecule has 1 fully saturated rings. The Balaban J connectivity index is 2.24. The van der Waals surface area contributed by atoms with Crippen molar-refractivity contribution in [2.75, 3.05) is 32.8 Å². The van der Waals surface area contributed by atoms with E-state index < -0.39 is 18.0 Å². The summed E-state index contributed by atoms with van der Waals surface area (Å²) in [6, 6.07) is -1.63. The number of carbonyl (C=O) groups excluding carboxylic acids is 2. The lowest BCUT2D eigenvalue weighted by atomic mass is 10.2. The molecule has 118 valence electrons. The molecule has 0 radical (unpaired) electrons. The van der Waals surface area contributed by atoms with Gasteiger partial charge in [-0.1, -0.05) is 6.08 Å². The highest BCUT2D eigenvalue weighted by atomic mass is 16.5. The first kappa shape index (κ1) is 17.0. The smallest absolute Gasteiger partial charge is 0.326 e. The number of ether oxygens (including phenoxy) is 1. The van der Waals surface area contributed by atoms with Crippen LogP contribution in [0.15, 0.2) is 12.7 Å². The zero-order valence-corrected chi connectivity index (χ0v) is 11.8. The molecule has 0 saturated carbocycles. The lowest BCUT2D eigenvalue weighted by Gasteiger charge is -2.26. The molecule has 0 aliphatic carbocycles. The summed E-state index contributed by atoms with van der Waals surface area (Å²) in [5, 5.41) is 13.6. The van der Waals surface area contributed by atoms with E-state index in [0.29, 0.717) is 26.3 Å². The van der Waals surface area contributed by atoms with Gasteiger partial charge in [0.05, 0.1) is 13.2 Å². The van der Waals surface area contributed by atoms with E-state index in [9.17, 15) is 14.4 Å². The van der Waals surface area contributed by atoms with E-state index in [4.69, 9.17) is 9.84 Å². The van der Waals surface area contributed by atoms with Gasteiger partial charge in [0.25, 0.3) is 0 Å². The van der Waals surface area contributed by atoms with Crippen molar-refractivity contribution in [2.45, 2.75) is 18.9 Å². The number of nitrogens with one attached hydrogen (secondary N) is 2. The van der Waals surface area contributed by atoms with Gasteiger partial charge in [0, 0.05) is 26.1 Å². The number of aliphatic carboxylic acids is 1. The maximum atomic E-state index is 11.8. The van der Waals surface area contributed by atoms with Gasteiger partial charge in [0.2, 0.25) is 5.91 Å². The minimum atomic E-state index is -1.13. The third kappa shape index (κ3) is 6.26. The number of carboxylic acid groups (broad SMARTS) is 1. The lowest BCUT2D eigenvalue weighted by Crippen LogP contribution is -2.47. The van der Waals surface area contributed by atoms with Crippen LogP contribution < -0.4 is 10.6 Å². The van der Waals surface area contributed by atoms with Gasteiger partial charge in [-0.2, -0.15) is 0 Å². The quantitative estimate of drug-likeness (QED) is 0.553. The van der Waals surface area contributed by atoms with Crippen LogP contribution in [0, 0.1) is 0 Å². The Morgan fingerprint density at radius 3 is 2.57 bits per heavy atom. The van der Waals surface area contributed by atoms with Crippen molar-refractivity contribution in [2.24, 2.45) is 0 Å². The molecule has 1 unspecified atom stereocenters. The summed E-state index contributed by atoms with van der Waals surface area (Å²) in [7, 11) is 0. The molecule has 1 rings (SSSR count). The average Bonchev–Trinajstić information content (AvgIpc) is 2.47. The molecule has 3 N–H and O–H groups in total. The SMILES string of the molecule is C=CCC(NC(=O)NCCC(=O)N1CCOCC1)C(=O)O. The molecule has 0 aromatic carbocycles. The summed E-state index contributed by atoms with van der Waals surface area (Å²) >= 11 is 0. The summed E-state index contributed by atoms with van der Waals surface area (Å²) < 4.78 is 5.14. The average molecular weight is 299 g/mol. The van der Waals surface area contributed by atoms with Crippen molar-refractivity contribution in [3.63, 3.8) is 0 Å². The number of nitrogens with zero attached hydrogens (tertiary/aromatic N) is 1. The van der Waals surface area contributed by atoms with Crippen molar-refractivity contribution in [1.82, 2.24) is 15.5 Å². The molecule has 1 atom stereocenters. The van der Waals surface area contributed by atoms with Crippen LogP contribution in [-0.2, 0) is 14.3 Å². The fraction of sp³-hybridized carbons (Fsp3) is 0.615. The lowest BCUT2D eigenvalue weighted by molar-refractivity contribution is -0.139. The van der Waals surface area contributed by atoms with Crippen molar-refractivity contribution in [3.05, 3.63) is 12.7 Å². The highest BCUT2D eigenvalue weighted by molar-refractivity contribution is 5.83. The normalized spacial score (nSPS) is 15.9. The second kappa shape index (κ2) is 8.96. The minimum absolute atomic E-state index is 0.0560. The van der Waals surface area contributed by atoms with Crippen LogP contribution in [0.2, 0.25) is 0 Å². The Kier molecular flexibility index (Phi) is 7.24. The Bertz CT molecular complexity index is 393. The number of amides is 3. The van der Waals surface area contributed by atoms with E-state index in [1.165, 1.54) is 6.08 Å². The van der Waals surface area contributed by atoms with Gasteiger partial charge in [-0.25, -0.2) is 9.59 Å². The Hall–Kier alpha value is -2.09. The first-order chi connectivity index (χ1) is 10.0. The highest BCUT2D eigenvalue weighted by Crippen LogP contribution is 1.99. The number of hydrogen-bond acceptors (Lipinski definition) is 4. The topological polar surface area (TPSA) is 108 Å². The fourth-order valence-corrected chi connectivity index (χ4v) is 1.85. The third-order valence-corrected chi connectivity index (χ3v) is 2.99. The van der Waals surface area contributed by atoms with Crippen LogP contribution in [0.5, 0.6) is 0 Å². The van der Waals surface area contributed by atoms with Crippen LogP contribution in [0.4, 0.5) is 4.79 Å². The highest BCUT2D eigenvalue weighted by Gasteiger charge is 2.19. The van der Waals surface area contributed by atoms with Gasteiger partial charge in [-0.15, -0.1) is 6.58 Å². The van der Waals surface area contributed by atoms with Crippen LogP contribution in [0.25, 0.3) is 0 Å². The summed E-state index contributed by atoms with van der Waals surface area (Å²) in [5.41, 5.74) is 0. The Labute approximate surface area is 123 Å². The summed E-state index contributed by atoms with van der Waals surface area (Å²) in [5.74, 6) is -1.19. The van der Waals surface area contributed by atoms with E-state index in [2.05, 4.69) is 17.2 Å². The van der Waals surface area contributed by atoms with E-state index in [1.54, 1.807) is 4.90 Å². The van der Waals surface area contributed by atoms with Crippen LogP contribution in [-0.4, -0.2) is 66.8 Å². The standard InChI is InChI=1S/C13H21N3O5/c1-2-3-10(12(18)19)15-13(20)14-5-4-11(17)16-6-8-21-9-7-16/h2,10H,1,3-9H2,(H,18,19)(H2,14,15,20). The zero-order chi connectivity index (χ0) is 15.7. The molecule has 1 aliphatic heterocycles. The van der Waals surface area contributed by atoms with Crippen molar-refractivity contribution in [3.8, 4) is 0 Å². The largest absolute Gasteiger partial charge is 0.480 e. The Morgan fingerprint density at radius 2 is 2.00 bits per heavy atom. The molecular weight excluding hydrogens is 278 g/mol. The monoisotopic (exact) mass is 299 g/mol. The summed E-state index contributed by atoms with van der Waals surface area (Å²) in [6.07, 6.45) is 1.73. The van der Waals surface area contributed by atoms with Gasteiger partial charge < -0.3 is 25.4 Å². The molecule has 0 spiro atoms. The van der Waals surface area contributed by atoms with Gasteiger partial charge >= 0.3 is 12.0 Å². The van der Waals surface area contributed by atoms with Crippen LogP contribution >= 0.6 is 0 Å². The second-order valence-electron chi connectivity index (χ2n) is 4.56. The van der Waals surface area contributed by atoms with Gasteiger partial charge in [-0.3, -0.25) is 4.79 Å². The molecule has 1 aliphatic rings. The first-order valence-corrected chi connectivity index (χ1v) is 6.78. The molecular formula is C13H21N3O5. The maximum absolute atomic E-state index is 11.8. The minimum Gasteiger partial charge on any atom is -0.480 e. The number of urea groups is 1. The van der Waals surface area contributed by atoms with Gasteiger partial charge in [0.15, 0.2) is 0 Å². The van der Waals surface area contributed by atoms with Crippen LogP contribution in [0.1, 0.15) is 12.8 Å². The van der Waals surface area contributed by atoms with E-state index in [0.717, 1.165) is 0 Å². The maximum Gasteiger partial charge on any atom is 0.326 e. The van der Waals surface area contributed by atoms with Crippen molar-refractivity contribution >= 4 is 17.9 Å². The molecule has 0 aromatic heterocycles. The molecule has 0 aromatic rings. The number of carboxylic acids is 1. The Morgan fingerprint density at radius 1 is 1.33 bits per heavy atom. The number of rotatable bonds is 7. The van der Waals surface area contributed by atoms with Crippen molar-refractivity contribution < 1.29 is 24.2 Å². The fourth-order valence-electron chi connectivity index (χ4n) is 1.85. The van der Waals surface area contributed by atoms with Crippen LogP contribution in [0.3, 0.4) is 0 Å². The predicted octanol–water partition coefficient (Wildman–Crippen LogP) is -0.436. The first-order valence-electron chi connectivity index (χ1n) is 6.78. The molecule has 1 saturated heterocycles. The zero-order valence-electron chi connectivity index (χ0n) is 11.8. The summed E-state index contributed by atoms with van der Waals surface area (Å²) in [6.45, 7) is 5.77. The number of hydrogen-bond donors (Lipinski definition) is 3. The number of carbonyl (C=O) groups is 3. The second-order valence-corrected chi connectivity index (χ2v) is 4.56. The molecule has 1 heterocycles. The van der Waals surface area contributed by atoms with E-state index in [-0.39, 0.29) is 25.3 Å². The number of morpholine rings is 1. The predicted molar refractivity (Wildman–Crippen MR) is 74.8 cm³/mol. The third-order valence-electron chi connectivity index (χ3n) is 2.99. The van der Waals surface area contributed by atoms with Gasteiger partial charge in [-0.05, 0) is 6.42 Å². The van der Waals surface area contributed by atoms with Crippen molar-refractivity contribution in [1.29, 1.82) is 0 Å². The molecule has 0 bridgehead atoms. The molecule has 3 amide bonds. The van der Waals surface area contributed by atoms with Gasteiger partial charge in [0.1, 0.15) is 6.04 Å². The molecule has 21 heavy (non-hydrogen) atoms. The van der Waals surface area contributed by atoms with E-state index in [1.807, 2.05) is 0 Å². The summed E-state index contributed by atoms with van der Waals surface area (Å²) in [4.78, 5) is 35.9.